The number of rotatable bonds is 3. The second-order valence-corrected chi connectivity index (χ2v) is 8.93. The number of likely N-dealkylation sites (N-methyl/N-ethyl adjacent to an activating group) is 1. The number of hydrogen-bond acceptors (Lipinski definition) is 9. The molecule has 0 aromatic heterocycles. The van der Waals surface area contributed by atoms with Crippen molar-refractivity contribution < 1.29 is 34.8 Å². The number of carbonyl (C=O) groups is 3. The summed E-state index contributed by atoms with van der Waals surface area (Å²) in [6.45, 7) is -0.116. The number of ketones is 2. The van der Waals surface area contributed by atoms with Gasteiger partial charge in [0.1, 0.15) is 22.8 Å². The van der Waals surface area contributed by atoms with E-state index in [0.717, 1.165) is 0 Å². The molecule has 0 radical (unpaired) electrons. The smallest absolute Gasteiger partial charge is 0.255 e. The van der Waals surface area contributed by atoms with Gasteiger partial charge in [0.05, 0.1) is 17.2 Å². The first-order valence-corrected chi connectivity index (χ1v) is 10.4. The van der Waals surface area contributed by atoms with Gasteiger partial charge in [0.15, 0.2) is 5.60 Å². The quantitative estimate of drug-likeness (QED) is 0.337. The number of benzene rings is 1. The third-order valence-corrected chi connectivity index (χ3v) is 6.86. The second kappa shape index (κ2) is 7.42. The lowest BCUT2D eigenvalue weighted by molar-refractivity contribution is -0.146. The van der Waals surface area contributed by atoms with Crippen LogP contribution in [0.2, 0.25) is 5.02 Å². The van der Waals surface area contributed by atoms with Crippen molar-refractivity contribution in [2.45, 2.75) is 24.6 Å². The van der Waals surface area contributed by atoms with E-state index in [1.165, 1.54) is 17.0 Å². The minimum atomic E-state index is -2.71. The standard InChI is InChI=1S/C22H22ClN3O7/c1-26(2)15-10-4-7-3-9-11(23)5-8(6-24)16(27)13(9)17(28)12(7)19(30)22(10,33)20(31)14(18(15)29)21(25)32/h3,5,10,15,27,29-30,33H,4,6,24H2,1-2H3,(H2,25,32)/t10-,15-,22-/m0/s1. The van der Waals surface area contributed by atoms with Gasteiger partial charge in [-0.15, -0.1) is 0 Å². The van der Waals surface area contributed by atoms with E-state index in [4.69, 9.17) is 23.1 Å². The molecule has 4 rings (SSSR count). The van der Waals surface area contributed by atoms with E-state index in [2.05, 4.69) is 0 Å². The molecular weight excluding hydrogens is 454 g/mol. The zero-order valence-corrected chi connectivity index (χ0v) is 18.5. The number of aromatic hydroxyl groups is 1. The van der Waals surface area contributed by atoms with E-state index in [0.29, 0.717) is 0 Å². The fourth-order valence-electron chi connectivity index (χ4n) is 5.03. The molecular formula is C22H22ClN3O7. The lowest BCUT2D eigenvalue weighted by atomic mass is 9.61. The van der Waals surface area contributed by atoms with Gasteiger partial charge in [-0.3, -0.25) is 19.3 Å². The van der Waals surface area contributed by atoms with E-state index in [1.807, 2.05) is 0 Å². The summed E-state index contributed by atoms with van der Waals surface area (Å²) in [5.41, 5.74) is 7.36. The Balaban J connectivity index is 2.03. The van der Waals surface area contributed by atoms with Crippen molar-refractivity contribution in [1.29, 1.82) is 0 Å². The fourth-order valence-corrected chi connectivity index (χ4v) is 5.31. The van der Waals surface area contributed by atoms with Gasteiger partial charge >= 0.3 is 0 Å². The van der Waals surface area contributed by atoms with Crippen LogP contribution in [0.4, 0.5) is 0 Å². The Labute approximate surface area is 193 Å². The minimum absolute atomic E-state index is 0.116. The van der Waals surface area contributed by atoms with Crippen LogP contribution in [0.5, 0.6) is 5.75 Å². The maximum atomic E-state index is 13.4. The molecule has 0 fully saturated rings. The fraction of sp³-hybridized carbons (Fsp3) is 0.318. The van der Waals surface area contributed by atoms with Gasteiger partial charge in [-0.1, -0.05) is 11.6 Å². The summed E-state index contributed by atoms with van der Waals surface area (Å²) in [7, 11) is 3.09. The SMILES string of the molecule is CN(C)[C@@H]1C(O)=C(C(N)=O)C(=O)[C@@]2(O)C(O)=C3C(=O)c4c(O)c(CN)cc(Cl)c4C=C3C[C@@H]12. The molecule has 0 bridgehead atoms. The third-order valence-electron chi connectivity index (χ3n) is 6.55. The first-order chi connectivity index (χ1) is 15.4. The number of aliphatic hydroxyl groups is 3. The molecule has 1 amide bonds. The van der Waals surface area contributed by atoms with Gasteiger partial charge in [-0.05, 0) is 38.2 Å². The Bertz CT molecular complexity index is 1250. The third kappa shape index (κ3) is 2.88. The predicted octanol–water partition coefficient (Wildman–Crippen LogP) is 0.457. The molecule has 0 heterocycles. The summed E-state index contributed by atoms with van der Waals surface area (Å²) in [6, 6.07) is 0.341. The number of fused-ring (bicyclic) bond motifs is 3. The maximum absolute atomic E-state index is 13.4. The number of carbonyl (C=O) groups excluding carboxylic acids is 3. The number of phenols is 1. The van der Waals surface area contributed by atoms with Gasteiger partial charge in [0, 0.05) is 28.6 Å². The highest BCUT2D eigenvalue weighted by Crippen LogP contribution is 2.52. The maximum Gasteiger partial charge on any atom is 0.255 e. The van der Waals surface area contributed by atoms with Crippen LogP contribution >= 0.6 is 11.6 Å². The highest BCUT2D eigenvalue weighted by atomic mass is 35.5. The van der Waals surface area contributed by atoms with Crippen LogP contribution in [0.25, 0.3) is 6.08 Å². The highest BCUT2D eigenvalue weighted by molar-refractivity contribution is 6.34. The van der Waals surface area contributed by atoms with E-state index in [-0.39, 0.29) is 40.3 Å². The molecule has 10 nitrogen and oxygen atoms in total. The first kappa shape index (κ1) is 23.0. The molecule has 3 atom stereocenters. The van der Waals surface area contributed by atoms with Crippen molar-refractivity contribution >= 4 is 35.2 Å². The number of allylic oxidation sites excluding steroid dienone is 2. The number of nitrogens with zero attached hydrogens (tertiary/aromatic N) is 1. The van der Waals surface area contributed by atoms with Crippen molar-refractivity contribution in [1.82, 2.24) is 4.90 Å². The van der Waals surface area contributed by atoms with Crippen molar-refractivity contribution in [3.63, 3.8) is 0 Å². The largest absolute Gasteiger partial charge is 0.510 e. The van der Waals surface area contributed by atoms with Crippen molar-refractivity contribution in [2.75, 3.05) is 14.1 Å². The predicted molar refractivity (Wildman–Crippen MR) is 117 cm³/mol. The molecule has 8 N–H and O–H groups in total. The van der Waals surface area contributed by atoms with Crippen LogP contribution in [-0.4, -0.2) is 68.5 Å². The monoisotopic (exact) mass is 475 g/mol. The van der Waals surface area contributed by atoms with E-state index >= 15 is 0 Å². The molecule has 3 aliphatic carbocycles. The van der Waals surface area contributed by atoms with Crippen LogP contribution in [0.3, 0.4) is 0 Å². The summed E-state index contributed by atoms with van der Waals surface area (Å²) < 4.78 is 0. The van der Waals surface area contributed by atoms with Gasteiger partial charge in [-0.25, -0.2) is 0 Å². The molecule has 174 valence electrons. The number of primary amides is 1. The lowest BCUT2D eigenvalue weighted by Crippen LogP contribution is -2.62. The van der Waals surface area contributed by atoms with Crippen molar-refractivity contribution in [3.8, 4) is 5.75 Å². The molecule has 1 aromatic rings. The normalized spacial score (nSPS) is 26.8. The summed E-state index contributed by atoms with van der Waals surface area (Å²) >= 11 is 6.32. The van der Waals surface area contributed by atoms with Gasteiger partial charge in [0.25, 0.3) is 5.91 Å². The van der Waals surface area contributed by atoms with E-state index < -0.39 is 63.4 Å². The Kier molecular flexibility index (Phi) is 5.17. The summed E-state index contributed by atoms with van der Waals surface area (Å²) in [5.74, 6) is -6.67. The number of aliphatic hydroxyl groups excluding tert-OH is 2. The summed E-state index contributed by atoms with van der Waals surface area (Å²) in [5, 5.41) is 44.0. The van der Waals surface area contributed by atoms with Crippen LogP contribution < -0.4 is 11.5 Å². The second-order valence-electron chi connectivity index (χ2n) is 8.52. The molecule has 0 saturated heterocycles. The van der Waals surface area contributed by atoms with Crippen molar-refractivity contribution in [3.05, 3.63) is 56.0 Å². The van der Waals surface area contributed by atoms with E-state index in [1.54, 1.807) is 14.1 Å². The number of halogens is 1. The minimum Gasteiger partial charge on any atom is -0.510 e. The Hall–Kier alpha value is -3.18. The molecule has 0 spiro atoms. The molecule has 0 saturated carbocycles. The molecule has 0 unspecified atom stereocenters. The zero-order valence-electron chi connectivity index (χ0n) is 17.7. The average Bonchev–Trinajstić information content (AvgIpc) is 2.72. The van der Waals surface area contributed by atoms with Gasteiger partial charge in [0.2, 0.25) is 11.6 Å². The van der Waals surface area contributed by atoms with Gasteiger partial charge < -0.3 is 31.9 Å². The first-order valence-electron chi connectivity index (χ1n) is 9.98. The van der Waals surface area contributed by atoms with Crippen molar-refractivity contribution in [2.24, 2.45) is 17.4 Å². The molecule has 11 heteroatoms. The Morgan fingerprint density at radius 2 is 1.91 bits per heavy atom. The summed E-state index contributed by atoms with van der Waals surface area (Å²) in [4.78, 5) is 40.0. The average molecular weight is 476 g/mol. The molecule has 1 aromatic carbocycles. The van der Waals surface area contributed by atoms with Gasteiger partial charge in [-0.2, -0.15) is 0 Å². The van der Waals surface area contributed by atoms with Crippen LogP contribution in [0.1, 0.15) is 27.9 Å². The number of hydrogen-bond donors (Lipinski definition) is 6. The summed E-state index contributed by atoms with van der Waals surface area (Å²) in [6.07, 6.45) is 1.34. The van der Waals surface area contributed by atoms with Crippen LogP contribution in [-0.2, 0) is 16.1 Å². The molecule has 0 aliphatic heterocycles. The number of phenolic OH excluding ortho intramolecular Hbond substituents is 1. The molecule has 3 aliphatic rings. The molecule has 33 heavy (non-hydrogen) atoms. The number of Topliss-reactive ketones (excluding diaryl/α,β-unsaturated/α-hetero) is 2. The van der Waals surface area contributed by atoms with E-state index in [9.17, 15) is 34.8 Å². The highest BCUT2D eigenvalue weighted by Gasteiger charge is 2.62. The zero-order chi connectivity index (χ0) is 24.6. The van der Waals surface area contributed by atoms with Crippen LogP contribution in [0, 0.1) is 5.92 Å². The number of nitrogens with two attached hydrogens (primary N) is 2. The van der Waals surface area contributed by atoms with Crippen LogP contribution in [0.15, 0.2) is 34.3 Å². The lowest BCUT2D eigenvalue weighted by Gasteiger charge is -2.48. The topological polar surface area (TPSA) is 187 Å². The number of amides is 1. The Morgan fingerprint density at radius 3 is 2.45 bits per heavy atom. The Morgan fingerprint density at radius 1 is 1.27 bits per heavy atom.